The summed E-state index contributed by atoms with van der Waals surface area (Å²) < 4.78 is 13.5. The normalized spacial score (nSPS) is 21.7. The summed E-state index contributed by atoms with van der Waals surface area (Å²) in [7, 11) is 0. The second kappa shape index (κ2) is 4.84. The van der Waals surface area contributed by atoms with Crippen molar-refractivity contribution in [1.82, 2.24) is 0 Å². The minimum Gasteiger partial charge on any atom is -0.478 e. The molecule has 0 spiro atoms. The Labute approximate surface area is 105 Å². The van der Waals surface area contributed by atoms with Gasteiger partial charge in [0.2, 0.25) is 0 Å². The molecule has 2 unspecified atom stereocenters. The maximum Gasteiger partial charge on any atom is 0.338 e. The van der Waals surface area contributed by atoms with Gasteiger partial charge in [0.25, 0.3) is 0 Å². The molecule has 1 saturated carbocycles. The summed E-state index contributed by atoms with van der Waals surface area (Å²) in [6.45, 7) is 2.13. The molecule has 4 N–H and O–H groups in total. The van der Waals surface area contributed by atoms with Crippen molar-refractivity contribution in [2.45, 2.75) is 32.2 Å². The lowest BCUT2D eigenvalue weighted by atomic mass is 10.1. The number of benzene rings is 1. The molecule has 0 bridgehead atoms. The molecule has 0 radical (unpaired) electrons. The monoisotopic (exact) mass is 252 g/mol. The zero-order chi connectivity index (χ0) is 13.3. The molecule has 2 atom stereocenters. The smallest absolute Gasteiger partial charge is 0.338 e. The molecular weight excluding hydrogens is 235 g/mol. The number of carboxylic acids is 1. The minimum atomic E-state index is -1.30. The molecule has 2 rings (SSSR count). The van der Waals surface area contributed by atoms with E-state index in [1.54, 1.807) is 0 Å². The van der Waals surface area contributed by atoms with Gasteiger partial charge in [0.15, 0.2) is 0 Å². The number of rotatable bonds is 5. The third-order valence-corrected chi connectivity index (χ3v) is 3.29. The van der Waals surface area contributed by atoms with E-state index in [4.69, 9.17) is 10.8 Å². The maximum atomic E-state index is 13.5. The number of halogens is 1. The molecule has 1 aliphatic carbocycles. The van der Waals surface area contributed by atoms with Crippen molar-refractivity contribution in [2.24, 2.45) is 5.92 Å². The molecule has 4 nitrogen and oxygen atoms in total. The Bertz CT molecular complexity index is 476. The van der Waals surface area contributed by atoms with Crippen LogP contribution >= 0.6 is 0 Å². The van der Waals surface area contributed by atoms with Crippen molar-refractivity contribution >= 4 is 17.3 Å². The lowest BCUT2D eigenvalue weighted by Gasteiger charge is -2.10. The van der Waals surface area contributed by atoms with Crippen LogP contribution in [0.2, 0.25) is 0 Å². The Kier molecular flexibility index (Phi) is 3.41. The van der Waals surface area contributed by atoms with Gasteiger partial charge in [0.05, 0.1) is 16.9 Å². The molecule has 1 aromatic carbocycles. The van der Waals surface area contributed by atoms with Crippen molar-refractivity contribution in [3.8, 4) is 0 Å². The summed E-state index contributed by atoms with van der Waals surface area (Å²) in [5, 5.41) is 11.9. The van der Waals surface area contributed by atoms with Gasteiger partial charge in [-0.05, 0) is 30.9 Å². The maximum absolute atomic E-state index is 13.5. The van der Waals surface area contributed by atoms with E-state index in [2.05, 4.69) is 12.2 Å². The van der Waals surface area contributed by atoms with E-state index in [1.807, 2.05) is 0 Å². The number of anilines is 2. The quantitative estimate of drug-likeness (QED) is 0.704. The molecule has 0 aliphatic heterocycles. The number of aromatic carboxylic acids is 1. The predicted molar refractivity (Wildman–Crippen MR) is 68.2 cm³/mol. The van der Waals surface area contributed by atoms with Crippen LogP contribution in [0.15, 0.2) is 12.1 Å². The molecule has 0 aromatic heterocycles. The first-order chi connectivity index (χ1) is 8.52. The van der Waals surface area contributed by atoms with Gasteiger partial charge in [0.1, 0.15) is 5.82 Å². The zero-order valence-corrected chi connectivity index (χ0v) is 10.2. The van der Waals surface area contributed by atoms with Crippen LogP contribution in [-0.2, 0) is 0 Å². The first kappa shape index (κ1) is 12.7. The van der Waals surface area contributed by atoms with E-state index < -0.39 is 11.8 Å². The third kappa shape index (κ3) is 2.55. The third-order valence-electron chi connectivity index (χ3n) is 3.29. The van der Waals surface area contributed by atoms with Gasteiger partial charge in [-0.1, -0.05) is 13.3 Å². The van der Waals surface area contributed by atoms with Crippen molar-refractivity contribution in [3.05, 3.63) is 23.5 Å². The molecular formula is C13H17FN2O2. The van der Waals surface area contributed by atoms with Crippen LogP contribution in [-0.4, -0.2) is 17.1 Å². The van der Waals surface area contributed by atoms with Gasteiger partial charge in [-0.25, -0.2) is 9.18 Å². The Morgan fingerprint density at radius 1 is 1.61 bits per heavy atom. The summed E-state index contributed by atoms with van der Waals surface area (Å²) in [5.74, 6) is -1.44. The minimum absolute atomic E-state index is 0.274. The van der Waals surface area contributed by atoms with Crippen LogP contribution in [0.4, 0.5) is 15.8 Å². The predicted octanol–water partition coefficient (Wildman–Crippen LogP) is 2.71. The summed E-state index contributed by atoms with van der Waals surface area (Å²) in [4.78, 5) is 10.7. The highest BCUT2D eigenvalue weighted by Crippen LogP contribution is 2.38. The second-order valence-corrected chi connectivity index (χ2v) is 4.76. The Morgan fingerprint density at radius 3 is 2.94 bits per heavy atom. The summed E-state index contributed by atoms with van der Waals surface area (Å²) in [5.41, 5.74) is 6.10. The lowest BCUT2D eigenvalue weighted by molar-refractivity contribution is 0.0692. The average molecular weight is 252 g/mol. The molecule has 98 valence electrons. The fourth-order valence-corrected chi connectivity index (χ4v) is 2.19. The highest BCUT2D eigenvalue weighted by Gasteiger charge is 2.36. The van der Waals surface area contributed by atoms with Crippen molar-refractivity contribution in [1.29, 1.82) is 0 Å². The van der Waals surface area contributed by atoms with Crippen LogP contribution in [0.5, 0.6) is 0 Å². The van der Waals surface area contributed by atoms with Gasteiger partial charge in [-0.3, -0.25) is 0 Å². The molecule has 18 heavy (non-hydrogen) atoms. The van der Waals surface area contributed by atoms with Gasteiger partial charge in [0, 0.05) is 6.04 Å². The molecule has 1 fully saturated rings. The highest BCUT2D eigenvalue weighted by molar-refractivity contribution is 5.90. The first-order valence-electron chi connectivity index (χ1n) is 6.11. The van der Waals surface area contributed by atoms with E-state index in [9.17, 15) is 9.18 Å². The number of nitrogens with one attached hydrogen (secondary N) is 1. The van der Waals surface area contributed by atoms with Crippen molar-refractivity contribution < 1.29 is 14.3 Å². The van der Waals surface area contributed by atoms with Crippen molar-refractivity contribution in [3.63, 3.8) is 0 Å². The Morgan fingerprint density at radius 2 is 2.33 bits per heavy atom. The lowest BCUT2D eigenvalue weighted by Crippen LogP contribution is -2.09. The number of carboxylic acid groups (broad SMARTS) is 1. The highest BCUT2D eigenvalue weighted by atomic mass is 19.1. The Balaban J connectivity index is 2.10. The molecule has 0 amide bonds. The molecule has 0 heterocycles. The zero-order valence-electron chi connectivity index (χ0n) is 10.2. The second-order valence-electron chi connectivity index (χ2n) is 4.76. The van der Waals surface area contributed by atoms with E-state index in [1.165, 1.54) is 6.07 Å². The van der Waals surface area contributed by atoms with Gasteiger partial charge >= 0.3 is 5.97 Å². The molecule has 0 saturated heterocycles. The molecule has 1 aromatic rings. The van der Waals surface area contributed by atoms with E-state index in [0.717, 1.165) is 25.3 Å². The summed E-state index contributed by atoms with van der Waals surface area (Å²) in [6.07, 6.45) is 3.34. The van der Waals surface area contributed by atoms with Crippen LogP contribution < -0.4 is 11.1 Å². The van der Waals surface area contributed by atoms with Gasteiger partial charge in [-0.15, -0.1) is 0 Å². The Hall–Kier alpha value is -1.78. The standard InChI is InChI=1S/C13H17FN2O2/c1-2-3-7-4-11(7)16-12-6-9(14)8(13(17)18)5-10(12)15/h5-7,11,16H,2-4,15H2,1H3,(H,17,18). The van der Waals surface area contributed by atoms with E-state index in [-0.39, 0.29) is 11.3 Å². The number of hydrogen-bond donors (Lipinski definition) is 3. The van der Waals surface area contributed by atoms with Gasteiger partial charge < -0.3 is 16.2 Å². The van der Waals surface area contributed by atoms with Crippen LogP contribution in [0.3, 0.4) is 0 Å². The fraction of sp³-hybridized carbons (Fsp3) is 0.462. The van der Waals surface area contributed by atoms with Crippen LogP contribution in [0.1, 0.15) is 36.5 Å². The number of nitrogens with two attached hydrogens (primary N) is 1. The molecule has 5 heteroatoms. The first-order valence-corrected chi connectivity index (χ1v) is 6.11. The number of nitrogen functional groups attached to an aromatic ring is 1. The SMILES string of the molecule is CCCC1CC1Nc1cc(F)c(C(=O)O)cc1N. The van der Waals surface area contributed by atoms with Crippen LogP contribution in [0.25, 0.3) is 0 Å². The van der Waals surface area contributed by atoms with Gasteiger partial charge in [-0.2, -0.15) is 0 Å². The summed E-state index contributed by atoms with van der Waals surface area (Å²) >= 11 is 0. The molecule has 1 aliphatic rings. The topological polar surface area (TPSA) is 75.3 Å². The van der Waals surface area contributed by atoms with E-state index in [0.29, 0.717) is 17.6 Å². The van der Waals surface area contributed by atoms with Crippen molar-refractivity contribution in [2.75, 3.05) is 11.1 Å². The average Bonchev–Trinajstić information content (AvgIpc) is 3.01. The number of carbonyl (C=O) groups is 1. The van der Waals surface area contributed by atoms with Crippen LogP contribution in [0, 0.1) is 11.7 Å². The fourth-order valence-electron chi connectivity index (χ4n) is 2.19. The largest absolute Gasteiger partial charge is 0.478 e. The summed E-state index contributed by atoms with van der Waals surface area (Å²) in [6, 6.07) is 2.67. The van der Waals surface area contributed by atoms with E-state index >= 15 is 0 Å². The number of hydrogen-bond acceptors (Lipinski definition) is 3.